The van der Waals surface area contributed by atoms with Crippen LogP contribution in [0.25, 0.3) is 0 Å². The maximum Gasteiger partial charge on any atom is 0.227 e. The summed E-state index contributed by atoms with van der Waals surface area (Å²) in [5, 5.41) is 0. The van der Waals surface area contributed by atoms with Crippen molar-refractivity contribution in [3.63, 3.8) is 0 Å². The molecule has 1 aromatic heterocycles. The highest BCUT2D eigenvalue weighted by Gasteiger charge is 2.61. The third kappa shape index (κ3) is 2.95. The molecule has 0 saturated heterocycles. The third-order valence-electron chi connectivity index (χ3n) is 5.72. The fourth-order valence-corrected chi connectivity index (χ4v) is 4.30. The molecule has 4 rings (SSSR count). The van der Waals surface area contributed by atoms with E-state index in [2.05, 4.69) is 29.2 Å². The molecule has 1 fully saturated rings. The molecule has 2 atom stereocenters. The van der Waals surface area contributed by atoms with Gasteiger partial charge in [0.2, 0.25) is 5.91 Å². The molecule has 0 bridgehead atoms. The number of rotatable bonds is 6. The van der Waals surface area contributed by atoms with Crippen LogP contribution in [0.1, 0.15) is 29.7 Å². The van der Waals surface area contributed by atoms with Crippen LogP contribution in [0.4, 0.5) is 0 Å². The molecule has 0 radical (unpaired) electrons. The maximum atomic E-state index is 13.2. The van der Waals surface area contributed by atoms with Gasteiger partial charge in [0, 0.05) is 31.2 Å². The predicted octanol–water partition coefficient (Wildman–Crippen LogP) is 2.96. The Morgan fingerprint density at radius 1 is 1.28 bits per heavy atom. The first kappa shape index (κ1) is 16.3. The number of carbonyl (C=O) groups excluding carboxylic acids is 1. The fourth-order valence-electron chi connectivity index (χ4n) is 4.30. The first-order chi connectivity index (χ1) is 12.2. The van der Waals surface area contributed by atoms with Gasteiger partial charge in [-0.1, -0.05) is 30.3 Å². The second kappa shape index (κ2) is 6.60. The summed E-state index contributed by atoms with van der Waals surface area (Å²) in [4.78, 5) is 19.5. The van der Waals surface area contributed by atoms with Crippen LogP contribution in [-0.4, -0.2) is 36.1 Å². The van der Waals surface area contributed by atoms with E-state index >= 15 is 0 Å². The van der Waals surface area contributed by atoms with Crippen LogP contribution >= 0.6 is 0 Å². The number of carbonyl (C=O) groups is 1. The van der Waals surface area contributed by atoms with Crippen LogP contribution in [0.5, 0.6) is 0 Å². The van der Waals surface area contributed by atoms with E-state index < -0.39 is 0 Å². The molecule has 1 aromatic carbocycles. The van der Waals surface area contributed by atoms with Crippen LogP contribution in [0.3, 0.4) is 0 Å². The van der Waals surface area contributed by atoms with Crippen molar-refractivity contribution in [3.05, 3.63) is 65.5 Å². The van der Waals surface area contributed by atoms with Gasteiger partial charge in [-0.3, -0.25) is 9.78 Å². The second-order valence-electron chi connectivity index (χ2n) is 7.14. The Bertz CT molecular complexity index is 762. The van der Waals surface area contributed by atoms with Gasteiger partial charge in [0.05, 0.1) is 18.8 Å². The molecule has 2 aliphatic carbocycles. The Kier molecular flexibility index (Phi) is 4.30. The molecule has 130 valence electrons. The molecule has 0 unspecified atom stereocenters. The zero-order valence-electron chi connectivity index (χ0n) is 14.6. The first-order valence-corrected chi connectivity index (χ1v) is 9.00. The van der Waals surface area contributed by atoms with Crippen molar-refractivity contribution >= 4 is 5.91 Å². The monoisotopic (exact) mass is 336 g/mol. The first-order valence-electron chi connectivity index (χ1n) is 9.00. The summed E-state index contributed by atoms with van der Waals surface area (Å²) in [6, 6.07) is 14.5. The van der Waals surface area contributed by atoms with Crippen molar-refractivity contribution in [2.75, 3.05) is 20.3 Å². The van der Waals surface area contributed by atoms with Gasteiger partial charge >= 0.3 is 0 Å². The number of amides is 1. The Morgan fingerprint density at radius 3 is 2.92 bits per heavy atom. The minimum Gasteiger partial charge on any atom is -0.383 e. The van der Waals surface area contributed by atoms with Gasteiger partial charge in [-0.15, -0.1) is 0 Å². The number of hydrogen-bond donors (Lipinski definition) is 0. The number of fused-ring (bicyclic) bond motifs is 2. The van der Waals surface area contributed by atoms with E-state index in [-0.39, 0.29) is 17.2 Å². The predicted molar refractivity (Wildman–Crippen MR) is 96.1 cm³/mol. The van der Waals surface area contributed by atoms with Gasteiger partial charge in [-0.05, 0) is 42.5 Å². The highest BCUT2D eigenvalue weighted by Crippen LogP contribution is 2.62. The van der Waals surface area contributed by atoms with Gasteiger partial charge in [0.25, 0.3) is 0 Å². The van der Waals surface area contributed by atoms with Gasteiger partial charge in [0.1, 0.15) is 0 Å². The lowest BCUT2D eigenvalue weighted by Gasteiger charge is -2.23. The maximum absolute atomic E-state index is 13.2. The van der Waals surface area contributed by atoms with Crippen molar-refractivity contribution in [1.29, 1.82) is 0 Å². The summed E-state index contributed by atoms with van der Waals surface area (Å²) in [6.07, 6.45) is 4.96. The number of aromatic nitrogens is 1. The molecule has 1 heterocycles. The van der Waals surface area contributed by atoms with Gasteiger partial charge in [-0.25, -0.2) is 0 Å². The standard InChI is InChI=1S/C21H24N2O2/c1-25-13-12-23(15-17-7-4-5-11-22-17)20(24)19-14-21(19)10-9-16-6-2-3-8-18(16)21/h2-8,11,19H,9-10,12-15H2,1H3/t19-,21+/m0/s1. The number of nitrogens with zero attached hydrogens (tertiary/aromatic N) is 2. The largest absolute Gasteiger partial charge is 0.383 e. The van der Waals surface area contributed by atoms with Crippen LogP contribution in [0, 0.1) is 5.92 Å². The zero-order chi connectivity index (χ0) is 17.3. The summed E-state index contributed by atoms with van der Waals surface area (Å²) < 4.78 is 5.22. The lowest BCUT2D eigenvalue weighted by Crippen LogP contribution is -2.36. The van der Waals surface area contributed by atoms with E-state index in [9.17, 15) is 4.79 Å². The van der Waals surface area contributed by atoms with E-state index in [1.54, 1.807) is 13.3 Å². The van der Waals surface area contributed by atoms with E-state index in [1.807, 2.05) is 23.1 Å². The quantitative estimate of drug-likeness (QED) is 0.814. The van der Waals surface area contributed by atoms with Crippen molar-refractivity contribution in [2.24, 2.45) is 5.92 Å². The van der Waals surface area contributed by atoms with Crippen molar-refractivity contribution in [2.45, 2.75) is 31.2 Å². The lowest BCUT2D eigenvalue weighted by molar-refractivity contribution is -0.134. The number of benzene rings is 1. The SMILES string of the molecule is COCCN(Cc1ccccn1)C(=O)[C@@H]1C[C@@]12CCc1ccccc12. The molecule has 4 heteroatoms. The Hall–Kier alpha value is -2.20. The smallest absolute Gasteiger partial charge is 0.227 e. The van der Waals surface area contributed by atoms with E-state index in [1.165, 1.54) is 11.1 Å². The molecule has 1 amide bonds. The second-order valence-corrected chi connectivity index (χ2v) is 7.14. The van der Waals surface area contributed by atoms with Crippen LogP contribution in [-0.2, 0) is 27.9 Å². The molecule has 2 aromatic rings. The average molecular weight is 336 g/mol. The van der Waals surface area contributed by atoms with Crippen LogP contribution in [0.2, 0.25) is 0 Å². The van der Waals surface area contributed by atoms with E-state index in [0.29, 0.717) is 19.7 Å². The van der Waals surface area contributed by atoms with Crippen LogP contribution < -0.4 is 0 Å². The van der Waals surface area contributed by atoms with Crippen molar-refractivity contribution < 1.29 is 9.53 Å². The van der Waals surface area contributed by atoms with E-state index in [4.69, 9.17) is 4.74 Å². The van der Waals surface area contributed by atoms with Gasteiger partial charge in [0.15, 0.2) is 0 Å². The highest BCUT2D eigenvalue weighted by atomic mass is 16.5. The third-order valence-corrected chi connectivity index (χ3v) is 5.72. The summed E-state index contributed by atoms with van der Waals surface area (Å²) >= 11 is 0. The van der Waals surface area contributed by atoms with Crippen LogP contribution in [0.15, 0.2) is 48.7 Å². The average Bonchev–Trinajstić information content (AvgIpc) is 3.28. The summed E-state index contributed by atoms with van der Waals surface area (Å²) in [5.74, 6) is 0.358. The summed E-state index contributed by atoms with van der Waals surface area (Å²) in [6.45, 7) is 1.71. The van der Waals surface area contributed by atoms with E-state index in [0.717, 1.165) is 25.0 Å². The summed E-state index contributed by atoms with van der Waals surface area (Å²) in [7, 11) is 1.68. The summed E-state index contributed by atoms with van der Waals surface area (Å²) in [5.41, 5.74) is 3.83. The number of ether oxygens (including phenoxy) is 1. The minimum atomic E-state index is 0.0864. The Balaban J connectivity index is 1.52. The number of pyridine rings is 1. The minimum absolute atomic E-state index is 0.0864. The number of aryl methyl sites for hydroxylation is 1. The number of hydrogen-bond acceptors (Lipinski definition) is 3. The lowest BCUT2D eigenvalue weighted by atomic mass is 9.95. The molecule has 1 saturated carbocycles. The Morgan fingerprint density at radius 2 is 2.12 bits per heavy atom. The topological polar surface area (TPSA) is 42.4 Å². The van der Waals surface area contributed by atoms with Crippen molar-refractivity contribution in [1.82, 2.24) is 9.88 Å². The molecule has 0 N–H and O–H groups in total. The molecule has 25 heavy (non-hydrogen) atoms. The normalized spacial score (nSPS) is 23.5. The van der Waals surface area contributed by atoms with Crippen molar-refractivity contribution in [3.8, 4) is 0 Å². The zero-order valence-corrected chi connectivity index (χ0v) is 14.6. The molecule has 0 aliphatic heterocycles. The number of methoxy groups -OCH3 is 1. The van der Waals surface area contributed by atoms with Gasteiger partial charge in [-0.2, -0.15) is 0 Å². The Labute approximate surface area is 148 Å². The fraction of sp³-hybridized carbons (Fsp3) is 0.429. The van der Waals surface area contributed by atoms with Gasteiger partial charge < -0.3 is 9.64 Å². The molecular weight excluding hydrogens is 312 g/mol. The molecule has 1 spiro atoms. The molecular formula is C21H24N2O2. The highest BCUT2D eigenvalue weighted by molar-refractivity contribution is 5.85. The molecule has 4 nitrogen and oxygen atoms in total. The molecule has 2 aliphatic rings.